The Hall–Kier alpha value is -4.19. The molecule has 0 bridgehead atoms. The normalized spacial score (nSPS) is 10.8. The maximum atomic E-state index is 12.8. The number of nitrogens with two attached hydrogens (primary N) is 3. The number of carbonyl (C=O) groups is 1. The molecule has 30 heavy (non-hydrogen) atoms. The molecule has 4 aromatic rings. The molecule has 0 radical (unpaired) electrons. The third kappa shape index (κ3) is 3.58. The van der Waals surface area contributed by atoms with Gasteiger partial charge in [-0.05, 0) is 46.8 Å². The van der Waals surface area contributed by atoms with E-state index in [4.69, 9.17) is 17.2 Å². The zero-order valence-corrected chi connectivity index (χ0v) is 16.2. The smallest absolute Gasteiger partial charge is 0.228 e. The number of hydrogen-bond donors (Lipinski definition) is 5. The lowest BCUT2D eigenvalue weighted by atomic mass is 9.96. The third-order valence-electron chi connectivity index (χ3n) is 5.08. The second-order valence-corrected chi connectivity index (χ2v) is 7.13. The molecule has 0 saturated heterocycles. The predicted molar refractivity (Wildman–Crippen MR) is 123 cm³/mol. The zero-order valence-electron chi connectivity index (χ0n) is 16.2. The largest absolute Gasteiger partial charge is 0.507 e. The van der Waals surface area contributed by atoms with Gasteiger partial charge in [0.25, 0.3) is 0 Å². The Kier molecular flexibility index (Phi) is 4.90. The Morgan fingerprint density at radius 1 is 0.867 bits per heavy atom. The van der Waals surface area contributed by atoms with Crippen molar-refractivity contribution >= 4 is 39.4 Å². The van der Waals surface area contributed by atoms with E-state index in [9.17, 15) is 9.90 Å². The van der Waals surface area contributed by atoms with Gasteiger partial charge in [0.05, 0.1) is 12.1 Å². The molecule has 6 heteroatoms. The number of amides is 1. The molecule has 0 atom stereocenters. The molecular weight excluding hydrogens is 376 g/mol. The predicted octanol–water partition coefficient (Wildman–Crippen LogP) is 4.14. The number of phenols is 1. The monoisotopic (exact) mass is 398 g/mol. The fourth-order valence-corrected chi connectivity index (χ4v) is 3.60. The molecule has 1 amide bonds. The molecule has 0 aliphatic rings. The Bertz CT molecular complexity index is 1250. The molecule has 4 aromatic carbocycles. The van der Waals surface area contributed by atoms with Crippen LogP contribution in [0.15, 0.2) is 72.8 Å². The van der Waals surface area contributed by atoms with Gasteiger partial charge in [-0.15, -0.1) is 0 Å². The van der Waals surface area contributed by atoms with Crippen molar-refractivity contribution in [3.63, 3.8) is 0 Å². The summed E-state index contributed by atoms with van der Waals surface area (Å²) in [4.78, 5) is 12.8. The fraction of sp³-hybridized carbons (Fsp3) is 0.0417. The summed E-state index contributed by atoms with van der Waals surface area (Å²) in [5.41, 5.74) is 22.7. The SMILES string of the molecule is Nc1ccc(-c2c(N)ccc(CC(=O)Nc3cccc4cccc(O)c34)c2N)cc1. The first-order valence-electron chi connectivity index (χ1n) is 9.47. The number of fused-ring (bicyclic) bond motifs is 1. The van der Waals surface area contributed by atoms with Crippen LogP contribution >= 0.6 is 0 Å². The van der Waals surface area contributed by atoms with Crippen LogP contribution in [0, 0.1) is 0 Å². The molecule has 0 aliphatic carbocycles. The van der Waals surface area contributed by atoms with Crippen LogP contribution in [0.5, 0.6) is 5.75 Å². The molecule has 0 heterocycles. The average Bonchev–Trinajstić information content (AvgIpc) is 2.72. The number of benzene rings is 4. The molecule has 0 saturated carbocycles. The highest BCUT2D eigenvalue weighted by molar-refractivity contribution is 6.05. The highest BCUT2D eigenvalue weighted by Gasteiger charge is 2.15. The Labute approximate surface area is 173 Å². The van der Waals surface area contributed by atoms with Crippen molar-refractivity contribution in [2.75, 3.05) is 22.5 Å². The van der Waals surface area contributed by atoms with Crippen LogP contribution in [0.1, 0.15) is 5.56 Å². The average molecular weight is 398 g/mol. The van der Waals surface area contributed by atoms with E-state index in [1.165, 1.54) is 0 Å². The summed E-state index contributed by atoms with van der Waals surface area (Å²) in [5.74, 6) is -0.133. The van der Waals surface area contributed by atoms with Gasteiger partial charge in [-0.1, -0.05) is 42.5 Å². The van der Waals surface area contributed by atoms with E-state index in [0.717, 1.165) is 10.9 Å². The maximum Gasteiger partial charge on any atom is 0.228 e. The molecule has 0 fully saturated rings. The number of nitrogens with one attached hydrogen (secondary N) is 1. The van der Waals surface area contributed by atoms with Gasteiger partial charge in [-0.3, -0.25) is 4.79 Å². The van der Waals surface area contributed by atoms with Gasteiger partial charge in [0.2, 0.25) is 5.91 Å². The van der Waals surface area contributed by atoms with Crippen LogP contribution in [0.25, 0.3) is 21.9 Å². The van der Waals surface area contributed by atoms with Crippen LogP contribution in [0.2, 0.25) is 0 Å². The highest BCUT2D eigenvalue weighted by Crippen LogP contribution is 2.35. The van der Waals surface area contributed by atoms with E-state index in [1.807, 2.05) is 30.3 Å². The van der Waals surface area contributed by atoms with E-state index in [1.54, 1.807) is 42.5 Å². The fourth-order valence-electron chi connectivity index (χ4n) is 3.60. The number of hydrogen-bond acceptors (Lipinski definition) is 5. The Balaban J connectivity index is 1.63. The molecule has 4 rings (SSSR count). The van der Waals surface area contributed by atoms with Crippen LogP contribution in [-0.2, 0) is 11.2 Å². The number of carbonyl (C=O) groups excluding carboxylic acids is 1. The standard InChI is InChI=1S/C24H22N4O2/c25-17-10-7-15(8-11-17)22-18(26)12-9-16(24(22)27)13-21(30)28-19-5-1-3-14-4-2-6-20(29)23(14)19/h1-12,29H,13,25-27H2,(H,28,30). The summed E-state index contributed by atoms with van der Waals surface area (Å²) in [7, 11) is 0. The molecule has 6 nitrogen and oxygen atoms in total. The zero-order chi connectivity index (χ0) is 21.3. The van der Waals surface area contributed by atoms with Crippen LogP contribution in [-0.4, -0.2) is 11.0 Å². The van der Waals surface area contributed by atoms with Gasteiger partial charge in [0.15, 0.2) is 0 Å². The number of aromatic hydroxyl groups is 1. The summed E-state index contributed by atoms with van der Waals surface area (Å²) in [5, 5.41) is 14.5. The lowest BCUT2D eigenvalue weighted by molar-refractivity contribution is -0.115. The van der Waals surface area contributed by atoms with E-state index in [2.05, 4.69) is 5.32 Å². The quantitative estimate of drug-likeness (QED) is 0.330. The van der Waals surface area contributed by atoms with Crippen molar-refractivity contribution in [3.05, 3.63) is 78.4 Å². The number of phenolic OH excluding ortho intramolecular Hbond substituents is 1. The minimum absolute atomic E-state index is 0.0675. The molecule has 8 N–H and O–H groups in total. The lowest BCUT2D eigenvalue weighted by Crippen LogP contribution is -2.16. The van der Waals surface area contributed by atoms with Crippen molar-refractivity contribution in [2.24, 2.45) is 0 Å². The van der Waals surface area contributed by atoms with Crippen molar-refractivity contribution < 1.29 is 9.90 Å². The summed E-state index contributed by atoms with van der Waals surface area (Å²) < 4.78 is 0. The Morgan fingerprint density at radius 3 is 2.30 bits per heavy atom. The molecule has 0 aliphatic heterocycles. The lowest BCUT2D eigenvalue weighted by Gasteiger charge is -2.15. The van der Waals surface area contributed by atoms with E-state index < -0.39 is 0 Å². The minimum atomic E-state index is -0.245. The van der Waals surface area contributed by atoms with E-state index >= 15 is 0 Å². The Morgan fingerprint density at radius 2 is 1.57 bits per heavy atom. The van der Waals surface area contributed by atoms with Gasteiger partial charge in [-0.25, -0.2) is 0 Å². The van der Waals surface area contributed by atoms with Crippen molar-refractivity contribution in [2.45, 2.75) is 6.42 Å². The minimum Gasteiger partial charge on any atom is -0.507 e. The summed E-state index contributed by atoms with van der Waals surface area (Å²) in [6, 6.07) is 21.4. The highest BCUT2D eigenvalue weighted by atomic mass is 16.3. The van der Waals surface area contributed by atoms with Crippen molar-refractivity contribution in [1.29, 1.82) is 0 Å². The number of nitrogen functional groups attached to an aromatic ring is 3. The van der Waals surface area contributed by atoms with Gasteiger partial charge < -0.3 is 27.6 Å². The van der Waals surface area contributed by atoms with Gasteiger partial charge in [0.1, 0.15) is 5.75 Å². The van der Waals surface area contributed by atoms with Gasteiger partial charge >= 0.3 is 0 Å². The van der Waals surface area contributed by atoms with Crippen LogP contribution in [0.4, 0.5) is 22.7 Å². The first-order chi connectivity index (χ1) is 14.4. The molecule has 150 valence electrons. The van der Waals surface area contributed by atoms with Crippen LogP contribution in [0.3, 0.4) is 0 Å². The molecule has 0 aromatic heterocycles. The topological polar surface area (TPSA) is 127 Å². The summed E-state index contributed by atoms with van der Waals surface area (Å²) in [6.07, 6.45) is 0.0675. The molecule has 0 unspecified atom stereocenters. The first kappa shape index (κ1) is 19.1. The van der Waals surface area contributed by atoms with Gasteiger partial charge in [0, 0.05) is 28.0 Å². The third-order valence-corrected chi connectivity index (χ3v) is 5.08. The summed E-state index contributed by atoms with van der Waals surface area (Å²) in [6.45, 7) is 0. The first-order valence-corrected chi connectivity index (χ1v) is 9.47. The number of anilines is 4. The second kappa shape index (κ2) is 7.67. The van der Waals surface area contributed by atoms with Crippen molar-refractivity contribution in [3.8, 4) is 16.9 Å². The molecular formula is C24H22N4O2. The van der Waals surface area contributed by atoms with Crippen LogP contribution < -0.4 is 22.5 Å². The maximum absolute atomic E-state index is 12.8. The van der Waals surface area contributed by atoms with Crippen molar-refractivity contribution in [1.82, 2.24) is 0 Å². The van der Waals surface area contributed by atoms with E-state index in [0.29, 0.717) is 39.3 Å². The van der Waals surface area contributed by atoms with Gasteiger partial charge in [-0.2, -0.15) is 0 Å². The van der Waals surface area contributed by atoms with E-state index in [-0.39, 0.29) is 18.1 Å². The number of rotatable bonds is 4. The summed E-state index contributed by atoms with van der Waals surface area (Å²) >= 11 is 0. The molecule has 0 spiro atoms. The second-order valence-electron chi connectivity index (χ2n) is 7.13.